The van der Waals surface area contributed by atoms with E-state index in [0.717, 1.165) is 5.75 Å². The van der Waals surface area contributed by atoms with Gasteiger partial charge in [-0.1, -0.05) is 18.5 Å². The van der Waals surface area contributed by atoms with E-state index in [1.807, 2.05) is 6.92 Å². The summed E-state index contributed by atoms with van der Waals surface area (Å²) in [7, 11) is 0. The molecule has 14 heavy (non-hydrogen) atoms. The number of aromatic amines is 1. The van der Waals surface area contributed by atoms with E-state index in [0.29, 0.717) is 16.8 Å². The number of hydrogen-bond donors (Lipinski definition) is 1. The second-order valence-electron chi connectivity index (χ2n) is 2.92. The fraction of sp³-hybridized carbons (Fsp3) is 0.500. The lowest BCUT2D eigenvalue weighted by molar-refractivity contribution is 0.758. The van der Waals surface area contributed by atoms with Crippen LogP contribution in [0, 0.1) is 5.92 Å². The van der Waals surface area contributed by atoms with E-state index in [4.69, 9.17) is 23.2 Å². The zero-order chi connectivity index (χ0) is 10.6. The molecule has 1 aromatic rings. The van der Waals surface area contributed by atoms with Crippen molar-refractivity contribution in [1.82, 2.24) is 9.97 Å². The molecule has 1 rings (SSSR count). The van der Waals surface area contributed by atoms with E-state index in [1.54, 1.807) is 0 Å². The molecule has 6 heteroatoms. The van der Waals surface area contributed by atoms with Gasteiger partial charge in [0.05, 0.1) is 6.33 Å². The lowest BCUT2D eigenvalue weighted by Gasteiger charge is -2.06. The predicted molar refractivity (Wildman–Crippen MR) is 60.5 cm³/mol. The minimum absolute atomic E-state index is 0.152. The van der Waals surface area contributed by atoms with Crippen molar-refractivity contribution in [3.05, 3.63) is 21.7 Å². The van der Waals surface area contributed by atoms with Crippen molar-refractivity contribution in [3.8, 4) is 0 Å². The van der Waals surface area contributed by atoms with Crippen LogP contribution in [0.1, 0.15) is 6.92 Å². The summed E-state index contributed by atoms with van der Waals surface area (Å²) in [6.07, 6.45) is 1.35. The Balaban J connectivity index is 2.68. The van der Waals surface area contributed by atoms with Crippen LogP contribution in [-0.4, -0.2) is 21.6 Å². The molecular weight excluding hydrogens is 243 g/mol. The standard InChI is InChI=1S/C8H10Cl2N2OS/c1-5(2-9)3-14-8-6(10)7(13)11-4-12-8/h4-5H,2-3H2,1H3,(H,11,12,13). The Morgan fingerprint density at radius 3 is 3.07 bits per heavy atom. The van der Waals surface area contributed by atoms with Crippen molar-refractivity contribution >= 4 is 35.0 Å². The Labute approximate surface area is 96.2 Å². The van der Waals surface area contributed by atoms with E-state index in [9.17, 15) is 4.79 Å². The maximum absolute atomic E-state index is 11.1. The highest BCUT2D eigenvalue weighted by atomic mass is 35.5. The van der Waals surface area contributed by atoms with Crippen LogP contribution < -0.4 is 5.56 Å². The van der Waals surface area contributed by atoms with Gasteiger partial charge in [-0.3, -0.25) is 4.79 Å². The van der Waals surface area contributed by atoms with Crippen LogP contribution >= 0.6 is 35.0 Å². The van der Waals surface area contributed by atoms with Crippen LogP contribution in [0.15, 0.2) is 16.1 Å². The lowest BCUT2D eigenvalue weighted by atomic mass is 10.3. The van der Waals surface area contributed by atoms with Crippen molar-refractivity contribution in [1.29, 1.82) is 0 Å². The first-order valence-corrected chi connectivity index (χ1v) is 5.97. The Morgan fingerprint density at radius 1 is 1.71 bits per heavy atom. The van der Waals surface area contributed by atoms with Gasteiger partial charge in [0.1, 0.15) is 10.0 Å². The predicted octanol–water partition coefficient (Wildman–Crippen LogP) is 2.39. The summed E-state index contributed by atoms with van der Waals surface area (Å²) < 4.78 is 0. The monoisotopic (exact) mass is 252 g/mol. The fourth-order valence-electron chi connectivity index (χ4n) is 0.733. The van der Waals surface area contributed by atoms with Gasteiger partial charge in [0.2, 0.25) is 0 Å². The summed E-state index contributed by atoms with van der Waals surface area (Å²) >= 11 is 12.9. The molecule has 78 valence electrons. The van der Waals surface area contributed by atoms with E-state index >= 15 is 0 Å². The molecule has 0 fully saturated rings. The minimum atomic E-state index is -0.303. The van der Waals surface area contributed by atoms with Gasteiger partial charge in [0.15, 0.2) is 0 Å². The van der Waals surface area contributed by atoms with Gasteiger partial charge in [-0.25, -0.2) is 4.98 Å². The summed E-state index contributed by atoms with van der Waals surface area (Å²) in [5.74, 6) is 1.77. The van der Waals surface area contributed by atoms with Gasteiger partial charge < -0.3 is 4.98 Å². The van der Waals surface area contributed by atoms with Gasteiger partial charge in [0.25, 0.3) is 5.56 Å². The van der Waals surface area contributed by atoms with Gasteiger partial charge in [-0.2, -0.15) is 0 Å². The second-order valence-corrected chi connectivity index (χ2v) is 4.62. The number of halogens is 2. The third-order valence-electron chi connectivity index (χ3n) is 1.53. The van der Waals surface area contributed by atoms with Gasteiger partial charge >= 0.3 is 0 Å². The molecule has 0 radical (unpaired) electrons. The van der Waals surface area contributed by atoms with E-state index < -0.39 is 0 Å². The van der Waals surface area contributed by atoms with E-state index in [2.05, 4.69) is 9.97 Å². The number of nitrogens with zero attached hydrogens (tertiary/aromatic N) is 1. The van der Waals surface area contributed by atoms with Crippen LogP contribution in [0.25, 0.3) is 0 Å². The normalized spacial score (nSPS) is 12.8. The molecule has 0 aromatic carbocycles. The van der Waals surface area contributed by atoms with Crippen molar-refractivity contribution in [3.63, 3.8) is 0 Å². The SMILES string of the molecule is CC(CCl)CSc1nc[nH]c(=O)c1Cl. The first-order chi connectivity index (χ1) is 6.65. The highest BCUT2D eigenvalue weighted by molar-refractivity contribution is 7.99. The highest BCUT2D eigenvalue weighted by Gasteiger charge is 2.08. The fourth-order valence-corrected chi connectivity index (χ4v) is 2.15. The average molecular weight is 253 g/mol. The quantitative estimate of drug-likeness (QED) is 0.509. The maximum Gasteiger partial charge on any atom is 0.270 e. The number of nitrogens with one attached hydrogen (secondary N) is 1. The van der Waals surface area contributed by atoms with Gasteiger partial charge in [-0.15, -0.1) is 23.4 Å². The van der Waals surface area contributed by atoms with Gasteiger partial charge in [-0.05, 0) is 5.92 Å². The Bertz CT molecular complexity index is 355. The molecule has 1 unspecified atom stereocenters. The number of alkyl halides is 1. The molecule has 1 aromatic heterocycles. The molecular formula is C8H10Cl2N2OS. The molecule has 1 heterocycles. The summed E-state index contributed by atoms with van der Waals surface area (Å²) in [6.45, 7) is 2.03. The van der Waals surface area contributed by atoms with Crippen molar-refractivity contribution in [2.75, 3.05) is 11.6 Å². The first kappa shape index (κ1) is 11.9. The number of H-pyrrole nitrogens is 1. The zero-order valence-electron chi connectivity index (χ0n) is 7.59. The van der Waals surface area contributed by atoms with Crippen molar-refractivity contribution in [2.45, 2.75) is 11.9 Å². The zero-order valence-corrected chi connectivity index (χ0v) is 9.92. The first-order valence-electron chi connectivity index (χ1n) is 4.07. The molecule has 0 aliphatic rings. The summed E-state index contributed by atoms with van der Waals surface area (Å²) in [5, 5.41) is 0.714. The van der Waals surface area contributed by atoms with Crippen LogP contribution in [0.4, 0.5) is 0 Å². The summed E-state index contributed by atoms with van der Waals surface area (Å²) in [5.41, 5.74) is -0.303. The third kappa shape index (κ3) is 3.19. The average Bonchev–Trinajstić information content (AvgIpc) is 2.20. The van der Waals surface area contributed by atoms with Gasteiger partial charge in [0, 0.05) is 11.6 Å². The largest absolute Gasteiger partial charge is 0.312 e. The lowest BCUT2D eigenvalue weighted by Crippen LogP contribution is -2.08. The molecule has 3 nitrogen and oxygen atoms in total. The molecule has 0 bridgehead atoms. The van der Waals surface area contributed by atoms with E-state index in [1.165, 1.54) is 18.1 Å². The Hall–Kier alpha value is -0.190. The molecule has 1 atom stereocenters. The number of thioether (sulfide) groups is 1. The summed E-state index contributed by atoms with van der Waals surface area (Å²) in [6, 6.07) is 0. The Morgan fingerprint density at radius 2 is 2.43 bits per heavy atom. The maximum atomic E-state index is 11.1. The van der Waals surface area contributed by atoms with Crippen LogP contribution in [0.3, 0.4) is 0 Å². The molecule has 0 amide bonds. The molecule has 0 saturated heterocycles. The van der Waals surface area contributed by atoms with Crippen LogP contribution in [0.2, 0.25) is 5.02 Å². The number of hydrogen-bond acceptors (Lipinski definition) is 3. The Kier molecular flexibility index (Phi) is 4.78. The topological polar surface area (TPSA) is 45.8 Å². The molecule has 0 spiro atoms. The molecule has 0 aliphatic carbocycles. The van der Waals surface area contributed by atoms with Crippen molar-refractivity contribution < 1.29 is 0 Å². The second kappa shape index (κ2) is 5.63. The highest BCUT2D eigenvalue weighted by Crippen LogP contribution is 2.23. The molecule has 0 saturated carbocycles. The minimum Gasteiger partial charge on any atom is -0.312 e. The van der Waals surface area contributed by atoms with Crippen LogP contribution in [-0.2, 0) is 0 Å². The smallest absolute Gasteiger partial charge is 0.270 e. The van der Waals surface area contributed by atoms with Crippen LogP contribution in [0.5, 0.6) is 0 Å². The summed E-state index contributed by atoms with van der Waals surface area (Å²) in [4.78, 5) is 17.5. The van der Waals surface area contributed by atoms with E-state index in [-0.39, 0.29) is 10.6 Å². The number of rotatable bonds is 4. The molecule has 0 aliphatic heterocycles. The third-order valence-corrected chi connectivity index (χ3v) is 3.84. The molecule has 1 N–H and O–H groups in total. The number of aromatic nitrogens is 2. The van der Waals surface area contributed by atoms with Crippen molar-refractivity contribution in [2.24, 2.45) is 5.92 Å².